The quantitative estimate of drug-likeness (QED) is 0.634. The van der Waals surface area contributed by atoms with Crippen LogP contribution >= 0.6 is 0 Å². The molecule has 0 saturated carbocycles. The van der Waals surface area contributed by atoms with Crippen molar-refractivity contribution in [3.05, 3.63) is 29.3 Å². The molecule has 0 heterocycles. The maximum atomic E-state index is 9.67. The third kappa shape index (κ3) is 1.82. The Hall–Kier alpha value is -1.06. The maximum Gasteiger partial charge on any atom is 0.123 e. The maximum absolute atomic E-state index is 9.67. The van der Waals surface area contributed by atoms with Gasteiger partial charge in [-0.3, -0.25) is 0 Å². The standard InChI is InChI=1S/C10H15NO2/c1-7-4-3-5-8(9(7)13)10(2,11)6-12/h3-5,12-13H,6,11H2,1-2H3. The zero-order valence-corrected chi connectivity index (χ0v) is 7.91. The second-order valence-electron chi connectivity index (χ2n) is 3.55. The van der Waals surface area contributed by atoms with Gasteiger partial charge in [0.25, 0.3) is 0 Å². The Kier molecular flexibility index (Phi) is 2.59. The van der Waals surface area contributed by atoms with Gasteiger partial charge in [-0.2, -0.15) is 0 Å². The Morgan fingerprint density at radius 2 is 2.08 bits per heavy atom. The molecule has 0 spiro atoms. The summed E-state index contributed by atoms with van der Waals surface area (Å²) in [5.74, 6) is 0.168. The largest absolute Gasteiger partial charge is 0.507 e. The molecule has 0 amide bonds. The van der Waals surface area contributed by atoms with Gasteiger partial charge in [-0.15, -0.1) is 0 Å². The van der Waals surface area contributed by atoms with E-state index in [0.717, 1.165) is 5.56 Å². The van der Waals surface area contributed by atoms with Gasteiger partial charge in [0.15, 0.2) is 0 Å². The lowest BCUT2D eigenvalue weighted by molar-refractivity contribution is 0.207. The molecule has 1 atom stereocenters. The number of rotatable bonds is 2. The van der Waals surface area contributed by atoms with Crippen molar-refractivity contribution < 1.29 is 10.2 Å². The number of aliphatic hydroxyl groups excluding tert-OH is 1. The van der Waals surface area contributed by atoms with Crippen molar-refractivity contribution in [2.45, 2.75) is 19.4 Å². The van der Waals surface area contributed by atoms with Crippen LogP contribution in [0, 0.1) is 6.92 Å². The molecule has 3 heteroatoms. The highest BCUT2D eigenvalue weighted by atomic mass is 16.3. The lowest BCUT2D eigenvalue weighted by atomic mass is 9.92. The van der Waals surface area contributed by atoms with Crippen LogP contribution in [0.5, 0.6) is 5.75 Å². The van der Waals surface area contributed by atoms with Gasteiger partial charge in [-0.1, -0.05) is 18.2 Å². The molecule has 4 N–H and O–H groups in total. The molecular formula is C10H15NO2. The zero-order valence-electron chi connectivity index (χ0n) is 7.91. The lowest BCUT2D eigenvalue weighted by Gasteiger charge is -2.23. The average molecular weight is 181 g/mol. The van der Waals surface area contributed by atoms with Crippen LogP contribution < -0.4 is 5.73 Å². The fraction of sp³-hybridized carbons (Fsp3) is 0.400. The molecule has 1 unspecified atom stereocenters. The molecule has 0 bridgehead atoms. The van der Waals surface area contributed by atoms with E-state index in [1.54, 1.807) is 26.0 Å². The van der Waals surface area contributed by atoms with Crippen LogP contribution in [0.4, 0.5) is 0 Å². The summed E-state index contributed by atoms with van der Waals surface area (Å²) in [6.45, 7) is 3.29. The number of phenols is 1. The number of phenolic OH excluding ortho intramolecular Hbond substituents is 1. The van der Waals surface area contributed by atoms with Crippen molar-refractivity contribution in [2.24, 2.45) is 5.73 Å². The van der Waals surface area contributed by atoms with Gasteiger partial charge in [0.1, 0.15) is 5.75 Å². The Balaban J connectivity index is 3.22. The summed E-state index contributed by atoms with van der Waals surface area (Å²) >= 11 is 0. The molecule has 72 valence electrons. The second-order valence-corrected chi connectivity index (χ2v) is 3.55. The van der Waals surface area contributed by atoms with Crippen molar-refractivity contribution in [1.82, 2.24) is 0 Å². The molecular weight excluding hydrogens is 166 g/mol. The molecule has 0 saturated heterocycles. The minimum atomic E-state index is -0.879. The molecule has 1 aromatic rings. The van der Waals surface area contributed by atoms with Crippen molar-refractivity contribution in [3.63, 3.8) is 0 Å². The molecule has 0 fully saturated rings. The van der Waals surface area contributed by atoms with E-state index in [0.29, 0.717) is 5.56 Å². The third-order valence-corrected chi connectivity index (χ3v) is 2.18. The van der Waals surface area contributed by atoms with E-state index in [-0.39, 0.29) is 12.4 Å². The number of aryl methyl sites for hydroxylation is 1. The van der Waals surface area contributed by atoms with Crippen LogP contribution in [0.25, 0.3) is 0 Å². The highest BCUT2D eigenvalue weighted by Gasteiger charge is 2.23. The molecule has 13 heavy (non-hydrogen) atoms. The molecule has 0 radical (unpaired) electrons. The third-order valence-electron chi connectivity index (χ3n) is 2.18. The molecule has 0 aliphatic heterocycles. The van der Waals surface area contributed by atoms with Gasteiger partial charge in [0.05, 0.1) is 12.1 Å². The number of aromatic hydroxyl groups is 1. The predicted octanol–water partition coefficient (Wildman–Crippen LogP) is 0.867. The van der Waals surface area contributed by atoms with Gasteiger partial charge in [0.2, 0.25) is 0 Å². The molecule has 0 aromatic heterocycles. The monoisotopic (exact) mass is 181 g/mol. The summed E-state index contributed by atoms with van der Waals surface area (Å²) in [5.41, 5.74) is 6.26. The zero-order chi connectivity index (χ0) is 10.1. The van der Waals surface area contributed by atoms with E-state index < -0.39 is 5.54 Å². The number of hydrogen-bond donors (Lipinski definition) is 3. The first-order chi connectivity index (χ1) is 5.99. The first kappa shape index (κ1) is 10.0. The normalized spacial score (nSPS) is 15.4. The Bertz CT molecular complexity index is 308. The fourth-order valence-corrected chi connectivity index (χ4v) is 1.20. The van der Waals surface area contributed by atoms with Crippen LogP contribution in [0.1, 0.15) is 18.1 Å². The van der Waals surface area contributed by atoms with Crippen molar-refractivity contribution in [1.29, 1.82) is 0 Å². The van der Waals surface area contributed by atoms with Crippen LogP contribution in [0.2, 0.25) is 0 Å². The Morgan fingerprint density at radius 1 is 1.46 bits per heavy atom. The van der Waals surface area contributed by atoms with Crippen LogP contribution in [-0.2, 0) is 5.54 Å². The summed E-state index contributed by atoms with van der Waals surface area (Å²) < 4.78 is 0. The van der Waals surface area contributed by atoms with Crippen LogP contribution in [0.3, 0.4) is 0 Å². The highest BCUT2D eigenvalue weighted by Crippen LogP contribution is 2.29. The summed E-state index contributed by atoms with van der Waals surface area (Å²) in [4.78, 5) is 0. The number of benzene rings is 1. The van der Waals surface area contributed by atoms with E-state index in [2.05, 4.69) is 0 Å². The van der Waals surface area contributed by atoms with Gasteiger partial charge in [0, 0.05) is 5.56 Å². The fourth-order valence-electron chi connectivity index (χ4n) is 1.20. The van der Waals surface area contributed by atoms with E-state index in [4.69, 9.17) is 10.8 Å². The summed E-state index contributed by atoms with van der Waals surface area (Å²) in [7, 11) is 0. The van der Waals surface area contributed by atoms with E-state index in [1.807, 2.05) is 6.07 Å². The summed E-state index contributed by atoms with van der Waals surface area (Å²) in [5, 5.41) is 18.7. The van der Waals surface area contributed by atoms with Crippen molar-refractivity contribution in [3.8, 4) is 5.75 Å². The first-order valence-corrected chi connectivity index (χ1v) is 4.18. The Labute approximate surface area is 77.8 Å². The molecule has 1 rings (SSSR count). The topological polar surface area (TPSA) is 66.5 Å². The summed E-state index contributed by atoms with van der Waals surface area (Å²) in [6.07, 6.45) is 0. The van der Waals surface area contributed by atoms with Crippen LogP contribution in [0.15, 0.2) is 18.2 Å². The number of hydrogen-bond acceptors (Lipinski definition) is 3. The minimum Gasteiger partial charge on any atom is -0.507 e. The van der Waals surface area contributed by atoms with Crippen LogP contribution in [-0.4, -0.2) is 16.8 Å². The molecule has 0 aliphatic rings. The SMILES string of the molecule is Cc1cccc(C(C)(N)CO)c1O. The van der Waals surface area contributed by atoms with E-state index in [9.17, 15) is 5.11 Å². The van der Waals surface area contributed by atoms with Crippen molar-refractivity contribution >= 4 is 0 Å². The average Bonchev–Trinajstić information content (AvgIpc) is 2.09. The van der Waals surface area contributed by atoms with E-state index >= 15 is 0 Å². The summed E-state index contributed by atoms with van der Waals surface area (Å²) in [6, 6.07) is 5.33. The lowest BCUT2D eigenvalue weighted by Crippen LogP contribution is -2.37. The first-order valence-electron chi connectivity index (χ1n) is 4.18. The molecule has 0 aliphatic carbocycles. The number of aliphatic hydroxyl groups is 1. The minimum absolute atomic E-state index is 0.168. The van der Waals surface area contributed by atoms with Gasteiger partial charge in [-0.25, -0.2) is 0 Å². The number of para-hydroxylation sites is 1. The van der Waals surface area contributed by atoms with Gasteiger partial charge >= 0.3 is 0 Å². The second kappa shape index (κ2) is 3.36. The predicted molar refractivity (Wildman–Crippen MR) is 51.5 cm³/mol. The van der Waals surface area contributed by atoms with Crippen molar-refractivity contribution in [2.75, 3.05) is 6.61 Å². The molecule has 3 nitrogen and oxygen atoms in total. The smallest absolute Gasteiger partial charge is 0.123 e. The number of nitrogens with two attached hydrogens (primary N) is 1. The molecule has 1 aromatic carbocycles. The van der Waals surface area contributed by atoms with Gasteiger partial charge < -0.3 is 15.9 Å². The highest BCUT2D eigenvalue weighted by molar-refractivity contribution is 5.43. The van der Waals surface area contributed by atoms with E-state index in [1.165, 1.54) is 0 Å². The Morgan fingerprint density at radius 3 is 2.62 bits per heavy atom. The van der Waals surface area contributed by atoms with Gasteiger partial charge in [-0.05, 0) is 19.4 Å².